The van der Waals surface area contributed by atoms with Gasteiger partial charge < -0.3 is 19.9 Å². The third-order valence-electron chi connectivity index (χ3n) is 3.64. The standard InChI is InChI=1S/C19H18F3NO5/c1-12(27-14-5-3-2-4-6-14)18(26)23-16(11-17(24)25)13-7-9-15(10-8-13)28-19(20,21)22/h2-10,12,16H,11H2,1H3,(H,23,26)(H,24,25). The molecule has 2 unspecified atom stereocenters. The van der Waals surface area contributed by atoms with Crippen LogP contribution in [-0.2, 0) is 9.59 Å². The largest absolute Gasteiger partial charge is 0.573 e. The van der Waals surface area contributed by atoms with Gasteiger partial charge in [-0.1, -0.05) is 30.3 Å². The number of alkyl halides is 3. The predicted octanol–water partition coefficient (Wildman–Crippen LogP) is 3.68. The predicted molar refractivity (Wildman–Crippen MR) is 92.8 cm³/mol. The highest BCUT2D eigenvalue weighted by atomic mass is 19.4. The fraction of sp³-hybridized carbons (Fsp3) is 0.263. The molecule has 150 valence electrons. The van der Waals surface area contributed by atoms with Crippen LogP contribution >= 0.6 is 0 Å². The molecule has 0 aromatic heterocycles. The molecule has 0 saturated heterocycles. The smallest absolute Gasteiger partial charge is 0.481 e. The van der Waals surface area contributed by atoms with Crippen molar-refractivity contribution in [1.29, 1.82) is 0 Å². The first kappa shape index (κ1) is 21.1. The Labute approximate surface area is 158 Å². The first-order chi connectivity index (χ1) is 13.1. The average Bonchev–Trinajstić information content (AvgIpc) is 2.61. The first-order valence-electron chi connectivity index (χ1n) is 8.23. The molecule has 0 aliphatic rings. The lowest BCUT2D eigenvalue weighted by atomic mass is 10.0. The van der Waals surface area contributed by atoms with Gasteiger partial charge in [-0.2, -0.15) is 0 Å². The van der Waals surface area contributed by atoms with E-state index in [9.17, 15) is 22.8 Å². The van der Waals surface area contributed by atoms with Gasteiger partial charge in [0.2, 0.25) is 0 Å². The van der Waals surface area contributed by atoms with E-state index < -0.39 is 42.6 Å². The van der Waals surface area contributed by atoms with E-state index in [4.69, 9.17) is 9.84 Å². The van der Waals surface area contributed by atoms with Crippen molar-refractivity contribution in [2.45, 2.75) is 31.9 Å². The molecule has 2 aromatic rings. The van der Waals surface area contributed by atoms with E-state index in [1.54, 1.807) is 30.3 Å². The molecule has 0 heterocycles. The monoisotopic (exact) mass is 397 g/mol. The van der Waals surface area contributed by atoms with Gasteiger partial charge in [-0.05, 0) is 36.8 Å². The third kappa shape index (κ3) is 6.82. The number of ether oxygens (including phenoxy) is 2. The second-order valence-corrected chi connectivity index (χ2v) is 5.85. The lowest BCUT2D eigenvalue weighted by molar-refractivity contribution is -0.274. The van der Waals surface area contributed by atoms with E-state index in [0.29, 0.717) is 11.3 Å². The summed E-state index contributed by atoms with van der Waals surface area (Å²) < 4.78 is 46.0. The Kier molecular flexibility index (Phi) is 6.86. The number of carbonyl (C=O) groups is 2. The van der Waals surface area contributed by atoms with Gasteiger partial charge >= 0.3 is 12.3 Å². The van der Waals surface area contributed by atoms with Gasteiger partial charge in [-0.3, -0.25) is 9.59 Å². The lowest BCUT2D eigenvalue weighted by Gasteiger charge is -2.21. The zero-order chi connectivity index (χ0) is 20.7. The molecular formula is C19H18F3NO5. The van der Waals surface area contributed by atoms with Gasteiger partial charge in [-0.15, -0.1) is 13.2 Å². The molecule has 2 N–H and O–H groups in total. The van der Waals surface area contributed by atoms with Crippen LogP contribution < -0.4 is 14.8 Å². The van der Waals surface area contributed by atoms with Crippen molar-refractivity contribution in [2.75, 3.05) is 0 Å². The van der Waals surface area contributed by atoms with E-state index >= 15 is 0 Å². The van der Waals surface area contributed by atoms with Crippen LogP contribution in [0, 0.1) is 0 Å². The summed E-state index contributed by atoms with van der Waals surface area (Å²) in [5.74, 6) is -1.73. The summed E-state index contributed by atoms with van der Waals surface area (Å²) in [4.78, 5) is 23.5. The first-order valence-corrected chi connectivity index (χ1v) is 8.23. The Morgan fingerprint density at radius 2 is 1.64 bits per heavy atom. The van der Waals surface area contributed by atoms with Crippen LogP contribution in [0.3, 0.4) is 0 Å². The molecule has 0 radical (unpaired) electrons. The van der Waals surface area contributed by atoms with Crippen LogP contribution in [0.1, 0.15) is 24.9 Å². The lowest BCUT2D eigenvalue weighted by Crippen LogP contribution is -2.39. The number of carbonyl (C=O) groups excluding carboxylic acids is 1. The Morgan fingerprint density at radius 3 is 2.18 bits per heavy atom. The maximum Gasteiger partial charge on any atom is 0.573 e. The zero-order valence-electron chi connectivity index (χ0n) is 14.8. The van der Waals surface area contributed by atoms with Crippen molar-refractivity contribution in [3.8, 4) is 11.5 Å². The van der Waals surface area contributed by atoms with Crippen molar-refractivity contribution < 1.29 is 37.3 Å². The number of amides is 1. The number of rotatable bonds is 8. The molecule has 28 heavy (non-hydrogen) atoms. The van der Waals surface area contributed by atoms with Crippen molar-refractivity contribution >= 4 is 11.9 Å². The molecule has 2 aromatic carbocycles. The molecule has 2 rings (SSSR count). The fourth-order valence-electron chi connectivity index (χ4n) is 2.37. The Balaban J connectivity index is 2.08. The summed E-state index contributed by atoms with van der Waals surface area (Å²) >= 11 is 0. The van der Waals surface area contributed by atoms with Crippen LogP contribution in [0.15, 0.2) is 54.6 Å². The number of hydrogen-bond donors (Lipinski definition) is 2. The van der Waals surface area contributed by atoms with Crippen molar-refractivity contribution in [2.24, 2.45) is 0 Å². The summed E-state index contributed by atoms with van der Waals surface area (Å²) in [6.45, 7) is 1.50. The van der Waals surface area contributed by atoms with E-state index in [0.717, 1.165) is 12.1 Å². The Morgan fingerprint density at radius 1 is 1.04 bits per heavy atom. The quantitative estimate of drug-likeness (QED) is 0.710. The molecule has 0 aliphatic carbocycles. The molecule has 0 aliphatic heterocycles. The van der Waals surface area contributed by atoms with Crippen LogP contribution in [0.25, 0.3) is 0 Å². The molecule has 2 atom stereocenters. The molecule has 6 nitrogen and oxygen atoms in total. The second kappa shape index (κ2) is 9.12. The van der Waals surface area contributed by atoms with Gasteiger partial charge in [-0.25, -0.2) is 0 Å². The number of benzene rings is 2. The summed E-state index contributed by atoms with van der Waals surface area (Å²) in [5.41, 5.74) is 0.317. The molecule has 9 heteroatoms. The number of nitrogens with one attached hydrogen (secondary N) is 1. The number of para-hydroxylation sites is 1. The maximum absolute atomic E-state index is 12.4. The van der Waals surface area contributed by atoms with E-state index in [1.165, 1.54) is 19.1 Å². The summed E-state index contributed by atoms with van der Waals surface area (Å²) in [6, 6.07) is 12.3. The number of halogens is 3. The highest BCUT2D eigenvalue weighted by molar-refractivity contribution is 5.82. The minimum atomic E-state index is -4.83. The second-order valence-electron chi connectivity index (χ2n) is 5.85. The fourth-order valence-corrected chi connectivity index (χ4v) is 2.37. The van der Waals surface area contributed by atoms with Crippen molar-refractivity contribution in [1.82, 2.24) is 5.32 Å². The minimum absolute atomic E-state index is 0.317. The number of carboxylic acid groups (broad SMARTS) is 1. The molecule has 0 fully saturated rings. The summed E-state index contributed by atoms with van der Waals surface area (Å²) in [7, 11) is 0. The van der Waals surface area contributed by atoms with E-state index in [-0.39, 0.29) is 0 Å². The van der Waals surface area contributed by atoms with Gasteiger partial charge in [0.05, 0.1) is 12.5 Å². The number of hydrogen-bond acceptors (Lipinski definition) is 4. The average molecular weight is 397 g/mol. The molecule has 0 bridgehead atoms. The van der Waals surface area contributed by atoms with Crippen molar-refractivity contribution in [3.05, 3.63) is 60.2 Å². The van der Waals surface area contributed by atoms with E-state index in [2.05, 4.69) is 10.1 Å². The Bertz CT molecular complexity index is 793. The third-order valence-corrected chi connectivity index (χ3v) is 3.64. The minimum Gasteiger partial charge on any atom is -0.481 e. The number of aliphatic carboxylic acids is 1. The van der Waals surface area contributed by atoms with Gasteiger partial charge in [0.25, 0.3) is 5.91 Å². The maximum atomic E-state index is 12.4. The summed E-state index contributed by atoms with van der Waals surface area (Å²) in [6.07, 6.45) is -6.20. The number of carboxylic acids is 1. The normalized spacial score (nSPS) is 13.3. The van der Waals surface area contributed by atoms with E-state index in [1.807, 2.05) is 0 Å². The van der Waals surface area contributed by atoms with Crippen LogP contribution in [0.4, 0.5) is 13.2 Å². The molecule has 1 amide bonds. The van der Waals surface area contributed by atoms with Gasteiger partial charge in [0.15, 0.2) is 6.10 Å². The van der Waals surface area contributed by atoms with Gasteiger partial charge in [0.1, 0.15) is 11.5 Å². The molecule has 0 saturated carbocycles. The SMILES string of the molecule is CC(Oc1ccccc1)C(=O)NC(CC(=O)O)c1ccc(OC(F)(F)F)cc1. The van der Waals surface area contributed by atoms with Crippen molar-refractivity contribution in [3.63, 3.8) is 0 Å². The van der Waals surface area contributed by atoms with Gasteiger partial charge in [0, 0.05) is 0 Å². The van der Waals surface area contributed by atoms with Crippen LogP contribution in [0.5, 0.6) is 11.5 Å². The Hall–Kier alpha value is -3.23. The molecular weight excluding hydrogens is 379 g/mol. The summed E-state index contributed by atoms with van der Waals surface area (Å²) in [5, 5.41) is 11.6. The van der Waals surface area contributed by atoms with Crippen LogP contribution in [-0.4, -0.2) is 29.4 Å². The highest BCUT2D eigenvalue weighted by Crippen LogP contribution is 2.25. The highest BCUT2D eigenvalue weighted by Gasteiger charge is 2.31. The molecule has 0 spiro atoms. The zero-order valence-corrected chi connectivity index (χ0v) is 14.8. The van der Waals surface area contributed by atoms with Crippen LogP contribution in [0.2, 0.25) is 0 Å². The topological polar surface area (TPSA) is 84.9 Å².